The Morgan fingerprint density at radius 3 is 2.42 bits per heavy atom. The van der Waals surface area contributed by atoms with Gasteiger partial charge in [0.2, 0.25) is 11.8 Å². The lowest BCUT2D eigenvalue weighted by atomic mass is 10.1. The highest BCUT2D eigenvalue weighted by Gasteiger charge is 2.24. The third kappa shape index (κ3) is 5.07. The summed E-state index contributed by atoms with van der Waals surface area (Å²) in [6.07, 6.45) is 0.514. The largest absolute Gasteiger partial charge is 0.350 e. The molecule has 0 radical (unpaired) electrons. The second kappa shape index (κ2) is 5.81. The number of rotatable bonds is 3. The summed E-state index contributed by atoms with van der Waals surface area (Å²) in [4.78, 5) is 34.5. The molecule has 0 aromatic heterocycles. The van der Waals surface area contributed by atoms with Crippen molar-refractivity contribution in [1.82, 2.24) is 16.1 Å². The molecular formula is C12H20N4O3. The Balaban J connectivity index is 2.52. The lowest BCUT2D eigenvalue weighted by Crippen LogP contribution is -2.52. The SMILES string of the molecule is CC(NC(=O)C1=NNC(=O)CC1)C(=O)NC(C)(C)C. The van der Waals surface area contributed by atoms with Crippen LogP contribution in [0.5, 0.6) is 0 Å². The van der Waals surface area contributed by atoms with Crippen molar-refractivity contribution < 1.29 is 14.4 Å². The summed E-state index contributed by atoms with van der Waals surface area (Å²) in [5, 5.41) is 9.00. The molecule has 7 nitrogen and oxygen atoms in total. The zero-order chi connectivity index (χ0) is 14.6. The predicted octanol–water partition coefficient (Wildman–Crippen LogP) is -0.328. The number of nitrogens with one attached hydrogen (secondary N) is 3. The van der Waals surface area contributed by atoms with Crippen LogP contribution in [-0.2, 0) is 14.4 Å². The molecule has 0 spiro atoms. The number of hydrazone groups is 1. The van der Waals surface area contributed by atoms with Crippen molar-refractivity contribution in [3.63, 3.8) is 0 Å². The second-order valence-corrected chi connectivity index (χ2v) is 5.53. The molecule has 0 saturated heterocycles. The van der Waals surface area contributed by atoms with E-state index in [2.05, 4.69) is 21.2 Å². The lowest BCUT2D eigenvalue weighted by Gasteiger charge is -2.24. The molecule has 3 amide bonds. The van der Waals surface area contributed by atoms with Crippen molar-refractivity contribution in [3.05, 3.63) is 0 Å². The van der Waals surface area contributed by atoms with Crippen LogP contribution in [0.25, 0.3) is 0 Å². The molecule has 1 heterocycles. The Hall–Kier alpha value is -1.92. The van der Waals surface area contributed by atoms with Gasteiger partial charge in [0.05, 0.1) is 0 Å². The van der Waals surface area contributed by atoms with Crippen LogP contribution in [0.4, 0.5) is 0 Å². The third-order valence-electron chi connectivity index (χ3n) is 2.41. The van der Waals surface area contributed by atoms with E-state index in [4.69, 9.17) is 0 Å². The molecule has 7 heteroatoms. The fourth-order valence-electron chi connectivity index (χ4n) is 1.46. The standard InChI is InChI=1S/C12H20N4O3/c1-7(10(18)14-12(2,3)4)13-11(19)8-5-6-9(17)16-15-8/h7H,5-6H2,1-4H3,(H,13,19)(H,14,18)(H,16,17). The van der Waals surface area contributed by atoms with Crippen LogP contribution in [0.1, 0.15) is 40.5 Å². The van der Waals surface area contributed by atoms with Crippen molar-refractivity contribution in [1.29, 1.82) is 0 Å². The molecule has 3 N–H and O–H groups in total. The quantitative estimate of drug-likeness (QED) is 0.653. The fourth-order valence-corrected chi connectivity index (χ4v) is 1.46. The highest BCUT2D eigenvalue weighted by Crippen LogP contribution is 2.02. The minimum absolute atomic E-state index is 0.213. The van der Waals surface area contributed by atoms with Gasteiger partial charge in [0, 0.05) is 18.4 Å². The maximum atomic E-state index is 11.8. The number of hydrogen-bond acceptors (Lipinski definition) is 4. The molecule has 0 aliphatic carbocycles. The summed E-state index contributed by atoms with van der Waals surface area (Å²) in [5.74, 6) is -0.909. The molecule has 0 fully saturated rings. The lowest BCUT2D eigenvalue weighted by molar-refractivity contribution is -0.127. The highest BCUT2D eigenvalue weighted by atomic mass is 16.2. The van der Waals surface area contributed by atoms with Gasteiger partial charge >= 0.3 is 0 Å². The maximum Gasteiger partial charge on any atom is 0.268 e. The minimum atomic E-state index is -0.660. The summed E-state index contributed by atoms with van der Waals surface area (Å²) in [6, 6.07) is -0.660. The first-order valence-corrected chi connectivity index (χ1v) is 6.17. The Morgan fingerprint density at radius 1 is 1.32 bits per heavy atom. The van der Waals surface area contributed by atoms with Crippen LogP contribution in [0.15, 0.2) is 5.10 Å². The Labute approximate surface area is 112 Å². The molecule has 1 unspecified atom stereocenters. The van der Waals surface area contributed by atoms with E-state index >= 15 is 0 Å². The van der Waals surface area contributed by atoms with Gasteiger partial charge in [0.15, 0.2) is 0 Å². The van der Waals surface area contributed by atoms with E-state index in [-0.39, 0.29) is 35.9 Å². The molecule has 1 atom stereocenters. The van der Waals surface area contributed by atoms with Crippen LogP contribution >= 0.6 is 0 Å². The first-order valence-electron chi connectivity index (χ1n) is 6.17. The molecule has 0 aromatic carbocycles. The van der Waals surface area contributed by atoms with Gasteiger partial charge in [-0.3, -0.25) is 14.4 Å². The van der Waals surface area contributed by atoms with E-state index < -0.39 is 11.9 Å². The van der Waals surface area contributed by atoms with Crippen molar-refractivity contribution in [2.75, 3.05) is 0 Å². The molecule has 0 aromatic rings. The van der Waals surface area contributed by atoms with Gasteiger partial charge in [-0.15, -0.1) is 0 Å². The van der Waals surface area contributed by atoms with E-state index in [9.17, 15) is 14.4 Å². The average molecular weight is 268 g/mol. The molecule has 0 bridgehead atoms. The number of carbonyl (C=O) groups excluding carboxylic acids is 3. The summed E-state index contributed by atoms with van der Waals surface area (Å²) in [6.45, 7) is 7.18. The van der Waals surface area contributed by atoms with E-state index in [0.717, 1.165) is 0 Å². The smallest absolute Gasteiger partial charge is 0.268 e. The van der Waals surface area contributed by atoms with Gasteiger partial charge in [-0.25, -0.2) is 5.43 Å². The number of hydrogen-bond donors (Lipinski definition) is 3. The summed E-state index contributed by atoms with van der Waals surface area (Å²) in [7, 11) is 0. The normalized spacial score (nSPS) is 17.1. The maximum absolute atomic E-state index is 11.8. The van der Waals surface area contributed by atoms with Crippen LogP contribution in [0.2, 0.25) is 0 Å². The van der Waals surface area contributed by atoms with Gasteiger partial charge < -0.3 is 10.6 Å². The zero-order valence-electron chi connectivity index (χ0n) is 11.7. The third-order valence-corrected chi connectivity index (χ3v) is 2.41. The van der Waals surface area contributed by atoms with Gasteiger partial charge in [-0.2, -0.15) is 5.10 Å². The van der Waals surface area contributed by atoms with Crippen LogP contribution < -0.4 is 16.1 Å². The van der Waals surface area contributed by atoms with Crippen LogP contribution in [0.3, 0.4) is 0 Å². The summed E-state index contributed by atoms with van der Waals surface area (Å²) < 4.78 is 0. The molecule has 1 aliphatic rings. The number of carbonyl (C=O) groups is 3. The second-order valence-electron chi connectivity index (χ2n) is 5.53. The van der Waals surface area contributed by atoms with Crippen molar-refractivity contribution in [2.45, 2.75) is 52.1 Å². The van der Waals surface area contributed by atoms with Gasteiger partial charge in [-0.05, 0) is 27.7 Å². The van der Waals surface area contributed by atoms with Crippen LogP contribution in [-0.4, -0.2) is 35.0 Å². The first-order chi connectivity index (χ1) is 8.69. The number of nitrogens with zero attached hydrogens (tertiary/aromatic N) is 1. The molecular weight excluding hydrogens is 248 g/mol. The highest BCUT2D eigenvalue weighted by molar-refractivity contribution is 6.39. The average Bonchev–Trinajstić information content (AvgIpc) is 2.27. The molecule has 19 heavy (non-hydrogen) atoms. The number of amides is 3. The first kappa shape index (κ1) is 15.1. The zero-order valence-corrected chi connectivity index (χ0v) is 11.7. The summed E-state index contributed by atoms with van der Waals surface area (Å²) in [5.41, 5.74) is 2.12. The fraction of sp³-hybridized carbons (Fsp3) is 0.667. The van der Waals surface area contributed by atoms with Crippen molar-refractivity contribution >= 4 is 23.4 Å². The Morgan fingerprint density at radius 2 is 1.95 bits per heavy atom. The van der Waals surface area contributed by atoms with E-state index in [1.807, 2.05) is 20.8 Å². The van der Waals surface area contributed by atoms with Gasteiger partial charge in [0.25, 0.3) is 5.91 Å². The predicted molar refractivity (Wildman–Crippen MR) is 70.3 cm³/mol. The van der Waals surface area contributed by atoms with Crippen LogP contribution in [0, 0.1) is 0 Å². The summed E-state index contributed by atoms with van der Waals surface area (Å²) >= 11 is 0. The van der Waals surface area contributed by atoms with Crippen molar-refractivity contribution in [3.8, 4) is 0 Å². The van der Waals surface area contributed by atoms with E-state index in [1.54, 1.807) is 6.92 Å². The van der Waals surface area contributed by atoms with Crippen molar-refractivity contribution in [2.24, 2.45) is 5.10 Å². The Kier molecular flexibility index (Phi) is 4.63. The topological polar surface area (TPSA) is 99.7 Å². The monoisotopic (exact) mass is 268 g/mol. The van der Waals surface area contributed by atoms with Gasteiger partial charge in [-0.1, -0.05) is 0 Å². The van der Waals surface area contributed by atoms with Gasteiger partial charge in [0.1, 0.15) is 11.8 Å². The van der Waals surface area contributed by atoms with E-state index in [1.165, 1.54) is 0 Å². The molecule has 0 saturated carbocycles. The molecule has 1 rings (SSSR count). The van der Waals surface area contributed by atoms with E-state index in [0.29, 0.717) is 0 Å². The Bertz CT molecular complexity index is 423. The minimum Gasteiger partial charge on any atom is -0.350 e. The molecule has 1 aliphatic heterocycles. The molecule has 106 valence electrons.